The molecule has 5 heteroatoms. The molecule has 27 heavy (non-hydrogen) atoms. The Morgan fingerprint density at radius 3 is 2.48 bits per heavy atom. The van der Waals surface area contributed by atoms with Crippen molar-refractivity contribution < 1.29 is 4.79 Å². The van der Waals surface area contributed by atoms with Crippen LogP contribution in [0.25, 0.3) is 0 Å². The van der Waals surface area contributed by atoms with Crippen molar-refractivity contribution in [2.75, 3.05) is 5.32 Å². The van der Waals surface area contributed by atoms with Crippen LogP contribution in [0.4, 0.5) is 11.6 Å². The van der Waals surface area contributed by atoms with E-state index in [4.69, 9.17) is 0 Å². The van der Waals surface area contributed by atoms with E-state index in [9.17, 15) is 4.79 Å². The summed E-state index contributed by atoms with van der Waals surface area (Å²) in [7, 11) is 0. The number of anilines is 2. The molecule has 0 saturated heterocycles. The van der Waals surface area contributed by atoms with Gasteiger partial charge in [0.05, 0.1) is 0 Å². The molecule has 1 aliphatic rings. The number of hydrogen-bond donors (Lipinski definition) is 2. The van der Waals surface area contributed by atoms with Gasteiger partial charge in [-0.05, 0) is 43.4 Å². The number of para-hydroxylation sites is 1. The maximum absolute atomic E-state index is 12.7. The van der Waals surface area contributed by atoms with Crippen LogP contribution < -0.4 is 10.6 Å². The average Bonchev–Trinajstić information content (AvgIpc) is 2.90. The smallest absolute Gasteiger partial charge is 0.270 e. The number of hydrogen-bond acceptors (Lipinski definition) is 4. The summed E-state index contributed by atoms with van der Waals surface area (Å²) < 4.78 is 0. The molecule has 0 bridgehead atoms. The van der Waals surface area contributed by atoms with Gasteiger partial charge in [0.1, 0.15) is 5.69 Å². The van der Waals surface area contributed by atoms with Crippen LogP contribution in [-0.2, 0) is 0 Å². The van der Waals surface area contributed by atoms with E-state index in [0.29, 0.717) is 17.6 Å². The molecule has 1 aromatic heterocycles. The third-order valence-electron chi connectivity index (χ3n) is 5.11. The van der Waals surface area contributed by atoms with E-state index in [2.05, 4.69) is 40.5 Å². The molecule has 1 aromatic carbocycles. The Balaban J connectivity index is 1.77. The lowest BCUT2D eigenvalue weighted by Gasteiger charge is -2.17. The van der Waals surface area contributed by atoms with Gasteiger partial charge >= 0.3 is 0 Å². The molecule has 0 radical (unpaired) electrons. The van der Waals surface area contributed by atoms with E-state index >= 15 is 0 Å². The molecule has 0 unspecified atom stereocenters. The van der Waals surface area contributed by atoms with E-state index in [1.165, 1.54) is 31.2 Å². The molecule has 2 N–H and O–H groups in total. The Hall–Kier alpha value is -2.43. The molecule has 5 nitrogen and oxygen atoms in total. The SMILES string of the molecule is Cc1cc(C(=O)NC2CCCCCC2)nc(Nc2ccccc2C(C)C)n1. The molecule has 1 saturated carbocycles. The number of nitrogens with zero attached hydrogens (tertiary/aromatic N) is 2. The van der Waals surface area contributed by atoms with Crippen LogP contribution in [0.15, 0.2) is 30.3 Å². The summed E-state index contributed by atoms with van der Waals surface area (Å²) in [5, 5.41) is 6.47. The fourth-order valence-corrected chi connectivity index (χ4v) is 3.66. The van der Waals surface area contributed by atoms with E-state index in [1.54, 1.807) is 6.07 Å². The second-order valence-corrected chi connectivity index (χ2v) is 7.75. The number of aromatic nitrogens is 2. The van der Waals surface area contributed by atoms with Crippen LogP contribution in [-0.4, -0.2) is 21.9 Å². The highest BCUT2D eigenvalue weighted by molar-refractivity contribution is 5.92. The van der Waals surface area contributed by atoms with Crippen LogP contribution in [0.2, 0.25) is 0 Å². The summed E-state index contributed by atoms with van der Waals surface area (Å²) in [5.74, 6) is 0.748. The van der Waals surface area contributed by atoms with Gasteiger partial charge < -0.3 is 10.6 Å². The molecular formula is C22H30N4O. The standard InChI is InChI=1S/C22H30N4O/c1-15(2)18-12-8-9-13-19(18)25-22-23-16(3)14-20(26-22)21(27)24-17-10-6-4-5-7-11-17/h8-9,12-15,17H,4-7,10-11H2,1-3H3,(H,24,27)(H,23,25,26). The highest BCUT2D eigenvalue weighted by Crippen LogP contribution is 2.26. The van der Waals surface area contributed by atoms with Crippen molar-refractivity contribution in [1.29, 1.82) is 0 Å². The second kappa shape index (κ2) is 8.98. The lowest BCUT2D eigenvalue weighted by atomic mass is 10.0. The van der Waals surface area contributed by atoms with Crippen LogP contribution in [0.1, 0.15) is 80.0 Å². The van der Waals surface area contributed by atoms with Gasteiger partial charge in [0.15, 0.2) is 0 Å². The van der Waals surface area contributed by atoms with Crippen LogP contribution >= 0.6 is 0 Å². The van der Waals surface area contributed by atoms with Crippen molar-refractivity contribution in [3.63, 3.8) is 0 Å². The normalized spacial score (nSPS) is 15.4. The van der Waals surface area contributed by atoms with Crippen molar-refractivity contribution in [3.05, 3.63) is 47.3 Å². The highest BCUT2D eigenvalue weighted by atomic mass is 16.1. The first-order valence-corrected chi connectivity index (χ1v) is 10.1. The summed E-state index contributed by atoms with van der Waals surface area (Å²) in [6.45, 7) is 6.20. The third-order valence-corrected chi connectivity index (χ3v) is 5.11. The summed E-state index contributed by atoms with van der Waals surface area (Å²) in [4.78, 5) is 21.7. The van der Waals surface area contributed by atoms with Crippen molar-refractivity contribution in [2.24, 2.45) is 0 Å². The van der Waals surface area contributed by atoms with Crippen molar-refractivity contribution >= 4 is 17.5 Å². The molecular weight excluding hydrogens is 336 g/mol. The van der Waals surface area contributed by atoms with E-state index < -0.39 is 0 Å². The van der Waals surface area contributed by atoms with Gasteiger partial charge in [-0.2, -0.15) is 0 Å². The first-order chi connectivity index (χ1) is 13.0. The number of benzene rings is 1. The lowest BCUT2D eigenvalue weighted by Crippen LogP contribution is -2.35. The number of rotatable bonds is 5. The van der Waals surface area contributed by atoms with Gasteiger partial charge in [-0.25, -0.2) is 9.97 Å². The minimum absolute atomic E-state index is 0.104. The molecule has 0 aliphatic heterocycles. The number of aryl methyl sites for hydroxylation is 1. The van der Waals surface area contributed by atoms with Crippen molar-refractivity contribution in [1.82, 2.24) is 15.3 Å². The zero-order chi connectivity index (χ0) is 19.2. The monoisotopic (exact) mass is 366 g/mol. The summed E-state index contributed by atoms with van der Waals surface area (Å²) in [6.07, 6.45) is 7.02. The molecule has 0 spiro atoms. The third kappa shape index (κ3) is 5.28. The number of carbonyl (C=O) groups excluding carboxylic acids is 1. The minimum Gasteiger partial charge on any atom is -0.348 e. The van der Waals surface area contributed by atoms with Gasteiger partial charge in [-0.15, -0.1) is 0 Å². The highest BCUT2D eigenvalue weighted by Gasteiger charge is 2.18. The maximum atomic E-state index is 12.7. The van der Waals surface area contributed by atoms with Crippen LogP contribution in [0.5, 0.6) is 0 Å². The van der Waals surface area contributed by atoms with Crippen molar-refractivity contribution in [2.45, 2.75) is 71.3 Å². The molecule has 3 rings (SSSR count). The van der Waals surface area contributed by atoms with E-state index in [0.717, 1.165) is 24.2 Å². The van der Waals surface area contributed by atoms with Gasteiger partial charge in [0, 0.05) is 17.4 Å². The van der Waals surface area contributed by atoms with E-state index in [1.807, 2.05) is 25.1 Å². The molecule has 1 fully saturated rings. The maximum Gasteiger partial charge on any atom is 0.270 e. The Bertz CT molecular complexity index is 780. The quantitative estimate of drug-likeness (QED) is 0.722. The Morgan fingerprint density at radius 2 is 1.78 bits per heavy atom. The first kappa shape index (κ1) is 19.3. The molecule has 1 heterocycles. The molecule has 144 valence electrons. The first-order valence-electron chi connectivity index (χ1n) is 10.1. The fourth-order valence-electron chi connectivity index (χ4n) is 3.66. The van der Waals surface area contributed by atoms with Crippen LogP contribution in [0, 0.1) is 6.92 Å². The predicted molar refractivity (Wildman–Crippen MR) is 110 cm³/mol. The molecule has 1 amide bonds. The molecule has 0 atom stereocenters. The number of amides is 1. The zero-order valence-corrected chi connectivity index (χ0v) is 16.6. The molecule has 1 aliphatic carbocycles. The van der Waals surface area contributed by atoms with Gasteiger partial charge in [-0.1, -0.05) is 57.7 Å². The minimum atomic E-state index is -0.104. The summed E-state index contributed by atoms with van der Waals surface area (Å²) in [5.41, 5.74) is 3.39. The van der Waals surface area contributed by atoms with E-state index in [-0.39, 0.29) is 11.9 Å². The number of nitrogens with one attached hydrogen (secondary N) is 2. The second-order valence-electron chi connectivity index (χ2n) is 7.75. The van der Waals surface area contributed by atoms with Gasteiger partial charge in [-0.3, -0.25) is 4.79 Å². The number of carbonyl (C=O) groups is 1. The average molecular weight is 367 g/mol. The molecule has 2 aromatic rings. The zero-order valence-electron chi connectivity index (χ0n) is 16.6. The summed E-state index contributed by atoms with van der Waals surface area (Å²) in [6, 6.07) is 10.2. The fraction of sp³-hybridized carbons (Fsp3) is 0.500. The Morgan fingerprint density at radius 1 is 1.07 bits per heavy atom. The van der Waals surface area contributed by atoms with Gasteiger partial charge in [0.25, 0.3) is 5.91 Å². The Labute approximate surface area is 162 Å². The topological polar surface area (TPSA) is 66.9 Å². The lowest BCUT2D eigenvalue weighted by molar-refractivity contribution is 0.0928. The predicted octanol–water partition coefficient (Wildman–Crippen LogP) is 5.10. The van der Waals surface area contributed by atoms with Crippen LogP contribution in [0.3, 0.4) is 0 Å². The van der Waals surface area contributed by atoms with Crippen molar-refractivity contribution in [3.8, 4) is 0 Å². The summed E-state index contributed by atoms with van der Waals surface area (Å²) >= 11 is 0. The largest absolute Gasteiger partial charge is 0.348 e. The Kier molecular flexibility index (Phi) is 6.43. The van der Waals surface area contributed by atoms with Gasteiger partial charge in [0.2, 0.25) is 5.95 Å².